The average Bonchev–Trinajstić information content (AvgIpc) is 2.89. The number of aromatic amines is 1. The number of aliphatic hydroxyl groups is 1. The summed E-state index contributed by atoms with van der Waals surface area (Å²) in [6.45, 7) is 5.66. The molecular weight excluding hydrogens is 336 g/mol. The van der Waals surface area contributed by atoms with E-state index in [0.29, 0.717) is 22.8 Å². The van der Waals surface area contributed by atoms with Gasteiger partial charge in [0.2, 0.25) is 0 Å². The molecule has 23 heavy (non-hydrogen) atoms. The van der Waals surface area contributed by atoms with Crippen molar-refractivity contribution < 1.29 is 9.90 Å². The summed E-state index contributed by atoms with van der Waals surface area (Å²) in [4.78, 5) is 31.2. The Balaban J connectivity index is 2.38. The van der Waals surface area contributed by atoms with Crippen molar-refractivity contribution >= 4 is 28.8 Å². The van der Waals surface area contributed by atoms with Crippen LogP contribution in [0.3, 0.4) is 0 Å². The Morgan fingerprint density at radius 1 is 1.35 bits per heavy atom. The van der Waals surface area contributed by atoms with Crippen molar-refractivity contribution in [1.82, 2.24) is 9.88 Å². The van der Waals surface area contributed by atoms with Crippen molar-refractivity contribution in [3.8, 4) is 0 Å². The highest BCUT2D eigenvalue weighted by Crippen LogP contribution is 2.22. The molecule has 0 aromatic carbocycles. The summed E-state index contributed by atoms with van der Waals surface area (Å²) in [5, 5.41) is 9.63. The predicted octanol–water partition coefficient (Wildman–Crippen LogP) is 2.65. The zero-order chi connectivity index (χ0) is 17.1. The van der Waals surface area contributed by atoms with E-state index < -0.39 is 11.5 Å². The minimum Gasteiger partial charge on any atom is -0.395 e. The van der Waals surface area contributed by atoms with Crippen molar-refractivity contribution in [1.29, 1.82) is 0 Å². The average molecular weight is 355 g/mol. The number of halogens is 1. The van der Waals surface area contributed by atoms with E-state index in [9.17, 15) is 14.7 Å². The molecule has 5 nitrogen and oxygen atoms in total. The van der Waals surface area contributed by atoms with Crippen LogP contribution < -0.4 is 5.56 Å². The molecule has 0 saturated heterocycles. The van der Waals surface area contributed by atoms with E-state index in [0.717, 1.165) is 9.75 Å². The topological polar surface area (TPSA) is 73.4 Å². The first kappa shape index (κ1) is 17.7. The second kappa shape index (κ2) is 7.29. The number of aryl methyl sites for hydroxylation is 2. The molecule has 0 fully saturated rings. The first-order chi connectivity index (χ1) is 10.8. The van der Waals surface area contributed by atoms with Gasteiger partial charge in [-0.3, -0.25) is 9.59 Å². The molecule has 0 spiro atoms. The Labute approximate surface area is 143 Å². The van der Waals surface area contributed by atoms with E-state index in [2.05, 4.69) is 4.98 Å². The summed E-state index contributed by atoms with van der Waals surface area (Å²) in [5.74, 6) is -0.425. The Morgan fingerprint density at radius 3 is 2.61 bits per heavy atom. The maximum Gasteiger partial charge on any atom is 0.261 e. The van der Waals surface area contributed by atoms with Gasteiger partial charge in [-0.15, -0.1) is 11.3 Å². The smallest absolute Gasteiger partial charge is 0.261 e. The maximum atomic E-state index is 12.8. The highest BCUT2D eigenvalue weighted by molar-refractivity contribution is 7.11. The fourth-order valence-electron chi connectivity index (χ4n) is 2.40. The highest BCUT2D eigenvalue weighted by Gasteiger charge is 2.23. The van der Waals surface area contributed by atoms with Gasteiger partial charge in [0, 0.05) is 22.0 Å². The molecule has 2 aromatic heterocycles. The van der Waals surface area contributed by atoms with Crippen LogP contribution in [0.15, 0.2) is 16.9 Å². The fraction of sp³-hybridized carbons (Fsp3) is 0.375. The number of amides is 1. The normalized spacial score (nSPS) is 10.8. The molecule has 0 aliphatic heterocycles. The van der Waals surface area contributed by atoms with Crippen LogP contribution >= 0.6 is 22.9 Å². The molecular formula is C16H19ClN2O3S. The minimum atomic E-state index is -0.459. The van der Waals surface area contributed by atoms with Gasteiger partial charge in [0.25, 0.3) is 11.5 Å². The Bertz CT molecular complexity index is 782. The lowest BCUT2D eigenvalue weighted by Crippen LogP contribution is -2.37. The predicted molar refractivity (Wildman–Crippen MR) is 92.4 cm³/mol. The molecule has 0 saturated carbocycles. The summed E-state index contributed by atoms with van der Waals surface area (Å²) in [6.07, 6.45) is 0. The molecule has 2 N–H and O–H groups in total. The van der Waals surface area contributed by atoms with Gasteiger partial charge in [-0.2, -0.15) is 0 Å². The van der Waals surface area contributed by atoms with Gasteiger partial charge in [-0.1, -0.05) is 11.6 Å². The molecule has 2 heterocycles. The van der Waals surface area contributed by atoms with Crippen molar-refractivity contribution in [3.63, 3.8) is 0 Å². The van der Waals surface area contributed by atoms with Gasteiger partial charge >= 0.3 is 0 Å². The van der Waals surface area contributed by atoms with Crippen molar-refractivity contribution in [2.45, 2.75) is 27.3 Å². The minimum absolute atomic E-state index is 0.0299. The molecule has 0 atom stereocenters. The fourth-order valence-corrected chi connectivity index (χ4v) is 3.44. The number of rotatable bonds is 5. The van der Waals surface area contributed by atoms with Gasteiger partial charge in [0.05, 0.1) is 18.2 Å². The molecule has 0 aliphatic carbocycles. The number of pyridine rings is 1. The van der Waals surface area contributed by atoms with Gasteiger partial charge in [-0.05, 0) is 38.5 Å². The van der Waals surface area contributed by atoms with Crippen molar-refractivity contribution in [2.24, 2.45) is 0 Å². The standard InChI is InChI=1S/C16H19ClN2O3S/c1-9-4-5-12(23-9)8-19(6-7-20)16(22)13-10(2)14(17)11(3)18-15(13)21/h4-5,20H,6-8H2,1-3H3,(H,18,21). The summed E-state index contributed by atoms with van der Waals surface area (Å²) < 4.78 is 0. The van der Waals surface area contributed by atoms with E-state index >= 15 is 0 Å². The first-order valence-corrected chi connectivity index (χ1v) is 8.39. The number of hydrogen-bond acceptors (Lipinski definition) is 4. The third-order valence-corrected chi connectivity index (χ3v) is 5.13. The van der Waals surface area contributed by atoms with Crippen LogP contribution in [-0.2, 0) is 6.54 Å². The van der Waals surface area contributed by atoms with Crippen LogP contribution in [0.25, 0.3) is 0 Å². The van der Waals surface area contributed by atoms with Crippen LogP contribution in [0, 0.1) is 20.8 Å². The van der Waals surface area contributed by atoms with E-state index in [4.69, 9.17) is 11.6 Å². The maximum absolute atomic E-state index is 12.8. The lowest BCUT2D eigenvalue weighted by Gasteiger charge is -2.22. The number of hydrogen-bond donors (Lipinski definition) is 2. The van der Waals surface area contributed by atoms with E-state index in [-0.39, 0.29) is 18.7 Å². The van der Waals surface area contributed by atoms with Crippen LogP contribution in [0.4, 0.5) is 0 Å². The Morgan fingerprint density at radius 2 is 2.04 bits per heavy atom. The molecule has 7 heteroatoms. The lowest BCUT2D eigenvalue weighted by atomic mass is 10.1. The summed E-state index contributed by atoms with van der Waals surface area (Å²) in [6, 6.07) is 3.92. The number of carbonyl (C=O) groups is 1. The first-order valence-electron chi connectivity index (χ1n) is 7.19. The van der Waals surface area contributed by atoms with Crippen LogP contribution in [-0.4, -0.2) is 34.0 Å². The summed E-state index contributed by atoms with van der Waals surface area (Å²) >= 11 is 7.74. The second-order valence-corrected chi connectivity index (χ2v) is 7.11. The largest absolute Gasteiger partial charge is 0.395 e. The molecule has 2 aromatic rings. The van der Waals surface area contributed by atoms with Crippen molar-refractivity contribution in [3.05, 3.63) is 54.1 Å². The number of aromatic nitrogens is 1. The van der Waals surface area contributed by atoms with E-state index in [1.54, 1.807) is 25.2 Å². The molecule has 2 rings (SSSR count). The van der Waals surface area contributed by atoms with Gasteiger partial charge in [0.15, 0.2) is 0 Å². The SMILES string of the molecule is Cc1ccc(CN(CCO)C(=O)c2c(C)c(Cl)c(C)[nH]c2=O)s1. The lowest BCUT2D eigenvalue weighted by molar-refractivity contribution is 0.0707. The number of nitrogens with one attached hydrogen (secondary N) is 1. The monoisotopic (exact) mass is 354 g/mol. The third kappa shape index (κ3) is 3.83. The number of thiophene rings is 1. The zero-order valence-corrected chi connectivity index (χ0v) is 14.8. The molecule has 0 radical (unpaired) electrons. The van der Waals surface area contributed by atoms with Gasteiger partial charge in [-0.25, -0.2) is 0 Å². The van der Waals surface area contributed by atoms with Crippen LogP contribution in [0.1, 0.15) is 31.4 Å². The second-order valence-electron chi connectivity index (χ2n) is 5.36. The summed E-state index contributed by atoms with van der Waals surface area (Å²) in [7, 11) is 0. The van der Waals surface area contributed by atoms with Gasteiger partial charge < -0.3 is 15.0 Å². The third-order valence-electron chi connectivity index (χ3n) is 3.58. The number of aliphatic hydroxyl groups excluding tert-OH is 1. The van der Waals surface area contributed by atoms with Crippen molar-refractivity contribution in [2.75, 3.05) is 13.2 Å². The molecule has 1 amide bonds. The molecule has 0 bridgehead atoms. The Hall–Kier alpha value is -1.63. The molecule has 0 unspecified atom stereocenters. The van der Waals surface area contributed by atoms with Crippen LogP contribution in [0.5, 0.6) is 0 Å². The number of carbonyl (C=O) groups excluding carboxylic acids is 1. The quantitative estimate of drug-likeness (QED) is 0.866. The van der Waals surface area contributed by atoms with Crippen LogP contribution in [0.2, 0.25) is 5.02 Å². The number of H-pyrrole nitrogens is 1. The van der Waals surface area contributed by atoms with E-state index in [1.165, 1.54) is 4.90 Å². The highest BCUT2D eigenvalue weighted by atomic mass is 35.5. The Kier molecular flexibility index (Phi) is 5.62. The van der Waals surface area contributed by atoms with Gasteiger partial charge in [0.1, 0.15) is 5.56 Å². The molecule has 0 aliphatic rings. The summed E-state index contributed by atoms with van der Waals surface area (Å²) in [5.41, 5.74) is 0.568. The van der Waals surface area contributed by atoms with E-state index in [1.807, 2.05) is 19.1 Å². The number of nitrogens with zero attached hydrogens (tertiary/aromatic N) is 1. The molecule has 124 valence electrons. The zero-order valence-electron chi connectivity index (χ0n) is 13.3.